The van der Waals surface area contributed by atoms with Crippen molar-refractivity contribution in [2.75, 3.05) is 20.3 Å². The number of halogens is 1. The maximum Gasteiger partial charge on any atom is 0.336 e. The van der Waals surface area contributed by atoms with Crippen LogP contribution in [-0.4, -0.2) is 25.2 Å². The number of furan rings is 1. The number of ether oxygens (including phenoxy) is 1. The van der Waals surface area contributed by atoms with E-state index in [-0.39, 0.29) is 18.0 Å². The minimum Gasteiger partial charge on any atom is -0.454 e. The van der Waals surface area contributed by atoms with Gasteiger partial charge in [-0.2, -0.15) is 0 Å². The van der Waals surface area contributed by atoms with E-state index in [1.165, 1.54) is 6.07 Å². The molecular weight excluding hydrogens is 416 g/mol. The van der Waals surface area contributed by atoms with Gasteiger partial charge < -0.3 is 18.9 Å². The summed E-state index contributed by atoms with van der Waals surface area (Å²) in [5, 5.41) is 5.29. The van der Waals surface area contributed by atoms with Gasteiger partial charge in [0.2, 0.25) is 0 Å². The Kier molecular flexibility index (Phi) is 7.15. The molecule has 0 atom stereocenters. The molecule has 7 heteroatoms. The van der Waals surface area contributed by atoms with Crippen LogP contribution in [0.15, 0.2) is 44.1 Å². The molecule has 0 fully saturated rings. The zero-order valence-corrected chi connectivity index (χ0v) is 19.0. The largest absolute Gasteiger partial charge is 0.454 e. The summed E-state index contributed by atoms with van der Waals surface area (Å²) in [7, 11) is 1.71. The number of nitrogens with zero attached hydrogens (tertiary/aromatic N) is 1. The fourth-order valence-electron chi connectivity index (χ4n) is 3.70. The summed E-state index contributed by atoms with van der Waals surface area (Å²) in [6, 6.07) is 7.51. The number of benzene rings is 1. The Hall–Kier alpha value is -2.67. The summed E-state index contributed by atoms with van der Waals surface area (Å²) in [6.45, 7) is 8.16. The van der Waals surface area contributed by atoms with Gasteiger partial charge in [0.15, 0.2) is 5.58 Å². The van der Waals surface area contributed by atoms with Crippen LogP contribution in [0.4, 0.5) is 0 Å². The van der Waals surface area contributed by atoms with Gasteiger partial charge in [-0.15, -0.1) is 12.4 Å². The molecule has 0 unspecified atom stereocenters. The fourth-order valence-corrected chi connectivity index (χ4v) is 3.70. The Morgan fingerprint density at radius 3 is 2.65 bits per heavy atom. The van der Waals surface area contributed by atoms with E-state index in [4.69, 9.17) is 13.6 Å². The highest BCUT2D eigenvalue weighted by Crippen LogP contribution is 2.35. The number of aromatic nitrogens is 1. The molecule has 6 nitrogen and oxygen atoms in total. The first-order chi connectivity index (χ1) is 14.5. The Labute approximate surface area is 187 Å². The van der Waals surface area contributed by atoms with Gasteiger partial charge in [-0.3, -0.25) is 4.98 Å². The van der Waals surface area contributed by atoms with Crippen LogP contribution in [0, 0.1) is 20.8 Å². The maximum absolute atomic E-state index is 12.3. The van der Waals surface area contributed by atoms with Gasteiger partial charge in [0.1, 0.15) is 11.3 Å². The fraction of sp³-hybridized carbons (Fsp3) is 0.333. The summed E-state index contributed by atoms with van der Waals surface area (Å²) < 4.78 is 16.8. The van der Waals surface area contributed by atoms with Crippen LogP contribution in [-0.2, 0) is 11.3 Å². The van der Waals surface area contributed by atoms with E-state index in [0.717, 1.165) is 63.9 Å². The minimum absolute atomic E-state index is 0. The number of pyridine rings is 1. The number of rotatable bonds is 7. The third-order valence-electron chi connectivity index (χ3n) is 5.54. The van der Waals surface area contributed by atoms with Gasteiger partial charge in [0.25, 0.3) is 0 Å². The summed E-state index contributed by atoms with van der Waals surface area (Å²) >= 11 is 0. The number of methoxy groups -OCH3 is 1. The first-order valence-electron chi connectivity index (χ1n) is 10.1. The zero-order valence-electron chi connectivity index (χ0n) is 18.2. The molecule has 0 aliphatic rings. The molecule has 0 saturated carbocycles. The summed E-state index contributed by atoms with van der Waals surface area (Å²) in [4.78, 5) is 16.8. The standard InChI is InChI=1S/C24H26N2O4.ClH/c1-14-6-7-18-20(11-22(27)30-23(18)15(14)2)21-10-19-17(12-25-8-5-9-28-4)13-26-16(3)24(19)29-21;/h6-7,10-11,13,25H,5,8-9,12H2,1-4H3;1H. The van der Waals surface area contributed by atoms with Gasteiger partial charge in [-0.1, -0.05) is 12.1 Å². The summed E-state index contributed by atoms with van der Waals surface area (Å²) in [5.41, 5.74) is 5.61. The van der Waals surface area contributed by atoms with Crippen molar-refractivity contribution in [3.05, 3.63) is 63.3 Å². The van der Waals surface area contributed by atoms with E-state index >= 15 is 0 Å². The quantitative estimate of drug-likeness (QED) is 0.318. The van der Waals surface area contributed by atoms with E-state index in [1.807, 2.05) is 45.2 Å². The molecule has 31 heavy (non-hydrogen) atoms. The number of hydrogen-bond acceptors (Lipinski definition) is 6. The molecule has 4 aromatic rings. The lowest BCUT2D eigenvalue weighted by atomic mass is 10.0. The molecule has 4 rings (SSSR count). The predicted molar refractivity (Wildman–Crippen MR) is 125 cm³/mol. The number of aryl methyl sites for hydroxylation is 3. The normalized spacial score (nSPS) is 11.2. The molecular formula is C24H27ClN2O4. The van der Waals surface area contributed by atoms with Crippen molar-refractivity contribution in [2.24, 2.45) is 0 Å². The maximum atomic E-state index is 12.3. The molecule has 0 aliphatic heterocycles. The topological polar surface area (TPSA) is 77.5 Å². The molecule has 1 N–H and O–H groups in total. The molecule has 164 valence electrons. The summed E-state index contributed by atoms with van der Waals surface area (Å²) in [6.07, 6.45) is 2.82. The van der Waals surface area contributed by atoms with Crippen molar-refractivity contribution in [3.8, 4) is 11.3 Å². The minimum atomic E-state index is -0.387. The average molecular weight is 443 g/mol. The molecule has 3 aromatic heterocycles. The van der Waals surface area contributed by atoms with Crippen molar-refractivity contribution in [3.63, 3.8) is 0 Å². The Morgan fingerprint density at radius 1 is 1.06 bits per heavy atom. The first-order valence-corrected chi connectivity index (χ1v) is 10.1. The second-order valence-electron chi connectivity index (χ2n) is 7.61. The van der Waals surface area contributed by atoms with Crippen LogP contribution >= 0.6 is 12.4 Å². The molecule has 0 amide bonds. The third-order valence-corrected chi connectivity index (χ3v) is 5.54. The van der Waals surface area contributed by atoms with Crippen molar-refractivity contribution >= 4 is 34.3 Å². The van der Waals surface area contributed by atoms with Crippen LogP contribution in [0.1, 0.15) is 28.8 Å². The smallest absolute Gasteiger partial charge is 0.336 e. The van der Waals surface area contributed by atoms with Crippen molar-refractivity contribution in [2.45, 2.75) is 33.7 Å². The van der Waals surface area contributed by atoms with Gasteiger partial charge >= 0.3 is 5.63 Å². The van der Waals surface area contributed by atoms with Crippen LogP contribution in [0.2, 0.25) is 0 Å². The molecule has 0 aliphatic carbocycles. The van der Waals surface area contributed by atoms with E-state index < -0.39 is 0 Å². The predicted octanol–water partition coefficient (Wildman–Crippen LogP) is 5.07. The molecule has 0 bridgehead atoms. The van der Waals surface area contributed by atoms with Gasteiger partial charge in [0, 0.05) is 48.9 Å². The van der Waals surface area contributed by atoms with Gasteiger partial charge in [-0.05, 0) is 56.5 Å². The highest BCUT2D eigenvalue weighted by atomic mass is 35.5. The van der Waals surface area contributed by atoms with Gasteiger partial charge in [0.05, 0.1) is 5.69 Å². The van der Waals surface area contributed by atoms with E-state index in [2.05, 4.69) is 10.3 Å². The Balaban J connectivity index is 0.00000272. The van der Waals surface area contributed by atoms with Gasteiger partial charge in [-0.25, -0.2) is 4.79 Å². The van der Waals surface area contributed by atoms with Crippen molar-refractivity contribution < 1.29 is 13.6 Å². The monoisotopic (exact) mass is 442 g/mol. The lowest BCUT2D eigenvalue weighted by molar-refractivity contribution is 0.194. The van der Waals surface area contributed by atoms with Crippen LogP contribution in [0.25, 0.3) is 33.3 Å². The second-order valence-corrected chi connectivity index (χ2v) is 7.61. The number of hydrogen-bond donors (Lipinski definition) is 1. The Morgan fingerprint density at radius 2 is 1.87 bits per heavy atom. The molecule has 0 saturated heterocycles. The number of fused-ring (bicyclic) bond motifs is 2. The SMILES string of the molecule is COCCCNCc1cnc(C)c2oc(-c3cc(=O)oc4c(C)c(C)ccc34)cc12.Cl. The molecule has 0 spiro atoms. The second kappa shape index (κ2) is 9.64. The zero-order chi connectivity index (χ0) is 21.3. The average Bonchev–Trinajstić information content (AvgIpc) is 3.18. The lowest BCUT2D eigenvalue weighted by Crippen LogP contribution is -2.16. The summed E-state index contributed by atoms with van der Waals surface area (Å²) in [5.74, 6) is 0.642. The van der Waals surface area contributed by atoms with E-state index in [1.54, 1.807) is 7.11 Å². The molecule has 3 heterocycles. The third kappa shape index (κ3) is 4.51. The van der Waals surface area contributed by atoms with Crippen molar-refractivity contribution in [1.82, 2.24) is 10.3 Å². The van der Waals surface area contributed by atoms with Crippen molar-refractivity contribution in [1.29, 1.82) is 0 Å². The highest BCUT2D eigenvalue weighted by molar-refractivity contribution is 5.97. The molecule has 1 aromatic carbocycles. The Bertz CT molecular complexity index is 1280. The van der Waals surface area contributed by atoms with E-state index in [0.29, 0.717) is 17.9 Å². The highest BCUT2D eigenvalue weighted by Gasteiger charge is 2.17. The lowest BCUT2D eigenvalue weighted by Gasteiger charge is -2.07. The van der Waals surface area contributed by atoms with Crippen LogP contribution < -0.4 is 10.9 Å². The van der Waals surface area contributed by atoms with E-state index in [9.17, 15) is 4.79 Å². The first kappa shape index (κ1) is 23.0. The molecule has 0 radical (unpaired) electrons. The van der Waals surface area contributed by atoms with Crippen LogP contribution in [0.5, 0.6) is 0 Å². The number of nitrogens with one attached hydrogen (secondary N) is 1. The van der Waals surface area contributed by atoms with Crippen LogP contribution in [0.3, 0.4) is 0 Å².